The lowest BCUT2D eigenvalue weighted by molar-refractivity contribution is 0.00631. The van der Waals surface area contributed by atoms with Crippen LogP contribution < -0.4 is 0 Å². The van der Waals surface area contributed by atoms with Crippen LogP contribution in [-0.2, 0) is 9.47 Å². The molecule has 0 aliphatic heterocycles. The molecule has 0 atom stereocenters. The first-order valence-corrected chi connectivity index (χ1v) is 5.60. The molecule has 6 heteroatoms. The first kappa shape index (κ1) is 14.4. The van der Waals surface area contributed by atoms with Crippen LogP contribution in [0.4, 0.5) is 0 Å². The highest BCUT2D eigenvalue weighted by Crippen LogP contribution is 2.22. The summed E-state index contributed by atoms with van der Waals surface area (Å²) in [5.74, 6) is -1.31. The fourth-order valence-corrected chi connectivity index (χ4v) is 1.45. The third kappa shape index (κ3) is 3.43. The van der Waals surface area contributed by atoms with Gasteiger partial charge in [-0.3, -0.25) is 0 Å². The van der Waals surface area contributed by atoms with Crippen molar-refractivity contribution in [1.29, 1.82) is 0 Å². The summed E-state index contributed by atoms with van der Waals surface area (Å²) < 4.78 is 9.68. The van der Waals surface area contributed by atoms with Crippen LogP contribution in [-0.4, -0.2) is 29.6 Å². The van der Waals surface area contributed by atoms with Gasteiger partial charge in [-0.15, -0.1) is 0 Å². The Balaban J connectivity index is 3.11. The van der Waals surface area contributed by atoms with E-state index in [-0.39, 0.29) is 16.3 Å². The van der Waals surface area contributed by atoms with E-state index >= 15 is 0 Å². The largest absolute Gasteiger partial charge is 0.465 e. The Hall–Kier alpha value is -1.62. The van der Waals surface area contributed by atoms with Gasteiger partial charge in [0, 0.05) is 6.20 Å². The molecule has 1 aromatic rings. The Morgan fingerprint density at radius 3 is 2.39 bits per heavy atom. The Kier molecular flexibility index (Phi) is 4.29. The molecule has 1 heterocycles. The van der Waals surface area contributed by atoms with Crippen LogP contribution in [0.2, 0.25) is 5.02 Å². The van der Waals surface area contributed by atoms with Crippen LogP contribution in [0.5, 0.6) is 0 Å². The van der Waals surface area contributed by atoms with E-state index in [2.05, 4.69) is 9.72 Å². The van der Waals surface area contributed by atoms with Crippen molar-refractivity contribution in [2.45, 2.75) is 26.4 Å². The number of carbonyl (C=O) groups is 2. The Labute approximate surface area is 110 Å². The van der Waals surface area contributed by atoms with Crippen molar-refractivity contribution in [2.75, 3.05) is 7.11 Å². The fourth-order valence-electron chi connectivity index (χ4n) is 1.18. The molecule has 0 N–H and O–H groups in total. The van der Waals surface area contributed by atoms with Crippen molar-refractivity contribution in [3.05, 3.63) is 28.5 Å². The van der Waals surface area contributed by atoms with E-state index in [1.165, 1.54) is 19.4 Å². The Bertz CT molecular complexity index is 479. The molecule has 0 aliphatic carbocycles. The minimum Gasteiger partial charge on any atom is -0.465 e. The summed E-state index contributed by atoms with van der Waals surface area (Å²) in [6.07, 6.45) is 1.30. The molecule has 0 saturated carbocycles. The second-order valence-electron chi connectivity index (χ2n) is 4.51. The van der Waals surface area contributed by atoms with Crippen molar-refractivity contribution in [3.63, 3.8) is 0 Å². The standard InChI is InChI=1S/C12H14ClNO4/c1-12(2,3)18-11(16)9-8(13)7(5-6-14-9)10(15)17-4/h5-6H,1-4H3. The molecule has 0 radical (unpaired) electrons. The predicted octanol–water partition coefficient (Wildman–Crippen LogP) is 2.48. The fraction of sp³-hybridized carbons (Fsp3) is 0.417. The van der Waals surface area contributed by atoms with Crippen molar-refractivity contribution in [1.82, 2.24) is 4.98 Å². The molecule has 18 heavy (non-hydrogen) atoms. The van der Waals surface area contributed by atoms with Crippen LogP contribution in [0.1, 0.15) is 41.6 Å². The summed E-state index contributed by atoms with van der Waals surface area (Å²) in [7, 11) is 1.23. The van der Waals surface area contributed by atoms with E-state index in [0.29, 0.717) is 0 Å². The van der Waals surface area contributed by atoms with Crippen LogP contribution in [0, 0.1) is 0 Å². The third-order valence-corrected chi connectivity index (χ3v) is 2.27. The first-order valence-electron chi connectivity index (χ1n) is 5.22. The summed E-state index contributed by atoms with van der Waals surface area (Å²) in [4.78, 5) is 27.1. The summed E-state index contributed by atoms with van der Waals surface area (Å²) in [6.45, 7) is 5.18. The minimum atomic E-state index is -0.682. The second-order valence-corrected chi connectivity index (χ2v) is 4.89. The zero-order chi connectivity index (χ0) is 13.9. The molecule has 5 nitrogen and oxygen atoms in total. The number of halogens is 1. The molecule has 0 saturated heterocycles. The maximum absolute atomic E-state index is 11.8. The normalized spacial score (nSPS) is 10.9. The van der Waals surface area contributed by atoms with Gasteiger partial charge in [0.2, 0.25) is 0 Å². The first-order chi connectivity index (χ1) is 8.26. The van der Waals surface area contributed by atoms with Crippen molar-refractivity contribution in [3.8, 4) is 0 Å². The molecule has 0 aromatic carbocycles. The monoisotopic (exact) mass is 271 g/mol. The minimum absolute atomic E-state index is 0.0707. The number of methoxy groups -OCH3 is 1. The quantitative estimate of drug-likeness (QED) is 0.773. The summed E-state index contributed by atoms with van der Waals surface area (Å²) in [5, 5.41) is -0.0707. The van der Waals surface area contributed by atoms with E-state index in [4.69, 9.17) is 16.3 Å². The average molecular weight is 272 g/mol. The number of esters is 2. The number of ether oxygens (including phenoxy) is 2. The van der Waals surface area contributed by atoms with E-state index in [0.717, 1.165) is 0 Å². The molecule has 0 amide bonds. The number of hydrogen-bond acceptors (Lipinski definition) is 5. The van der Waals surface area contributed by atoms with Crippen LogP contribution >= 0.6 is 11.6 Å². The summed E-state index contributed by atoms with van der Waals surface area (Å²) >= 11 is 5.94. The second kappa shape index (κ2) is 5.35. The van der Waals surface area contributed by atoms with Gasteiger partial charge in [0.05, 0.1) is 17.7 Å². The van der Waals surface area contributed by atoms with E-state index in [1.807, 2.05) is 0 Å². The number of aromatic nitrogens is 1. The Morgan fingerprint density at radius 1 is 1.28 bits per heavy atom. The van der Waals surface area contributed by atoms with Gasteiger partial charge < -0.3 is 9.47 Å². The molecule has 0 fully saturated rings. The zero-order valence-corrected chi connectivity index (χ0v) is 11.4. The summed E-state index contributed by atoms with van der Waals surface area (Å²) in [6, 6.07) is 1.38. The highest BCUT2D eigenvalue weighted by Gasteiger charge is 2.24. The van der Waals surface area contributed by atoms with Gasteiger partial charge in [-0.1, -0.05) is 11.6 Å². The molecule has 98 valence electrons. The number of hydrogen-bond donors (Lipinski definition) is 0. The molecule has 1 rings (SSSR count). The van der Waals surface area contributed by atoms with Crippen molar-refractivity contribution >= 4 is 23.5 Å². The molecule has 0 bridgehead atoms. The maximum atomic E-state index is 11.8. The lowest BCUT2D eigenvalue weighted by Crippen LogP contribution is -2.25. The van der Waals surface area contributed by atoms with E-state index in [1.54, 1.807) is 20.8 Å². The Morgan fingerprint density at radius 2 is 1.89 bits per heavy atom. The predicted molar refractivity (Wildman–Crippen MR) is 65.8 cm³/mol. The van der Waals surface area contributed by atoms with Gasteiger partial charge in [0.1, 0.15) is 5.60 Å². The van der Waals surface area contributed by atoms with Gasteiger partial charge in [0.25, 0.3) is 0 Å². The number of carbonyl (C=O) groups excluding carboxylic acids is 2. The third-order valence-electron chi connectivity index (χ3n) is 1.89. The van der Waals surface area contributed by atoms with Gasteiger partial charge in [0.15, 0.2) is 5.69 Å². The van der Waals surface area contributed by atoms with E-state index < -0.39 is 17.5 Å². The molecule has 0 spiro atoms. The molecule has 1 aromatic heterocycles. The zero-order valence-electron chi connectivity index (χ0n) is 10.6. The van der Waals surface area contributed by atoms with Gasteiger partial charge in [-0.2, -0.15) is 0 Å². The summed E-state index contributed by atoms with van der Waals surface area (Å²) in [5.41, 5.74) is -0.687. The maximum Gasteiger partial charge on any atom is 0.359 e. The van der Waals surface area contributed by atoms with Crippen molar-refractivity contribution < 1.29 is 19.1 Å². The van der Waals surface area contributed by atoms with Gasteiger partial charge in [-0.25, -0.2) is 14.6 Å². The lowest BCUT2D eigenvalue weighted by atomic mass is 10.2. The molecular weight excluding hydrogens is 258 g/mol. The number of rotatable bonds is 2. The van der Waals surface area contributed by atoms with E-state index in [9.17, 15) is 9.59 Å². The average Bonchev–Trinajstić information content (AvgIpc) is 2.26. The SMILES string of the molecule is COC(=O)c1ccnc(C(=O)OC(C)(C)C)c1Cl. The molecule has 0 unspecified atom stereocenters. The van der Waals surface area contributed by atoms with Crippen LogP contribution in [0.25, 0.3) is 0 Å². The van der Waals surface area contributed by atoms with Crippen LogP contribution in [0.15, 0.2) is 12.3 Å². The van der Waals surface area contributed by atoms with Crippen LogP contribution in [0.3, 0.4) is 0 Å². The highest BCUT2D eigenvalue weighted by atomic mass is 35.5. The van der Waals surface area contributed by atoms with Crippen molar-refractivity contribution in [2.24, 2.45) is 0 Å². The molecular formula is C12H14ClNO4. The number of nitrogens with zero attached hydrogens (tertiary/aromatic N) is 1. The smallest absolute Gasteiger partial charge is 0.359 e. The lowest BCUT2D eigenvalue weighted by Gasteiger charge is -2.19. The topological polar surface area (TPSA) is 65.5 Å². The van der Waals surface area contributed by atoms with Gasteiger partial charge in [-0.05, 0) is 26.8 Å². The number of pyridine rings is 1. The highest BCUT2D eigenvalue weighted by molar-refractivity contribution is 6.36. The van der Waals surface area contributed by atoms with Gasteiger partial charge >= 0.3 is 11.9 Å². The molecule has 0 aliphatic rings.